The molecule has 2 aromatic rings. The van der Waals surface area contributed by atoms with Crippen molar-refractivity contribution >= 4 is 34.9 Å². The molecule has 4 nitrogen and oxygen atoms in total. The number of thiophene rings is 1. The van der Waals surface area contributed by atoms with E-state index in [1.165, 1.54) is 21.8 Å². The van der Waals surface area contributed by atoms with E-state index in [2.05, 4.69) is 12.1 Å². The van der Waals surface area contributed by atoms with Gasteiger partial charge in [0.2, 0.25) is 0 Å². The number of carbonyl (C=O) groups excluding carboxylic acids is 2. The van der Waals surface area contributed by atoms with Crippen LogP contribution in [0.15, 0.2) is 42.5 Å². The van der Waals surface area contributed by atoms with Crippen LogP contribution in [0.1, 0.15) is 35.6 Å². The number of halogens is 1. The Kier molecular flexibility index (Phi) is 4.52. The quantitative estimate of drug-likeness (QED) is 0.739. The second-order valence-electron chi connectivity index (χ2n) is 6.62. The fourth-order valence-corrected chi connectivity index (χ4v) is 5.08. The highest BCUT2D eigenvalue weighted by Gasteiger charge is 2.45. The molecule has 0 radical (unpaired) electrons. The van der Waals surface area contributed by atoms with E-state index < -0.39 is 0 Å². The Morgan fingerprint density at radius 3 is 2.60 bits per heavy atom. The van der Waals surface area contributed by atoms with Crippen molar-refractivity contribution in [3.05, 3.63) is 57.2 Å². The molecule has 0 spiro atoms. The van der Waals surface area contributed by atoms with Crippen LogP contribution in [0.2, 0.25) is 4.34 Å². The second-order valence-corrected chi connectivity index (χ2v) is 8.42. The van der Waals surface area contributed by atoms with Crippen molar-refractivity contribution in [1.29, 1.82) is 0 Å². The van der Waals surface area contributed by atoms with Gasteiger partial charge in [-0.25, -0.2) is 4.79 Å². The van der Waals surface area contributed by atoms with Crippen LogP contribution < -0.4 is 0 Å². The van der Waals surface area contributed by atoms with Gasteiger partial charge in [-0.15, -0.1) is 11.3 Å². The van der Waals surface area contributed by atoms with Gasteiger partial charge in [0.1, 0.15) is 6.54 Å². The highest BCUT2D eigenvalue weighted by atomic mass is 35.5. The smallest absolute Gasteiger partial charge is 0.310 e. The first-order chi connectivity index (χ1) is 12.1. The summed E-state index contributed by atoms with van der Waals surface area (Å²) in [6.07, 6.45) is 2.95. The second kappa shape index (κ2) is 6.81. The van der Waals surface area contributed by atoms with Crippen LogP contribution in [0.4, 0.5) is 4.79 Å². The van der Waals surface area contributed by atoms with Crippen molar-refractivity contribution in [2.45, 2.75) is 37.8 Å². The van der Waals surface area contributed by atoms with E-state index in [0.29, 0.717) is 10.9 Å². The molecule has 2 heterocycles. The summed E-state index contributed by atoms with van der Waals surface area (Å²) in [5.41, 5.74) is 1.22. The molecule has 2 atom stereocenters. The minimum atomic E-state index is -0.164. The van der Waals surface area contributed by atoms with Crippen molar-refractivity contribution in [2.75, 3.05) is 6.54 Å². The maximum Gasteiger partial charge on any atom is 0.327 e. The van der Waals surface area contributed by atoms with Gasteiger partial charge in [-0.05, 0) is 30.5 Å². The lowest BCUT2D eigenvalue weighted by atomic mass is 9.93. The van der Waals surface area contributed by atoms with E-state index in [1.807, 2.05) is 30.3 Å². The van der Waals surface area contributed by atoms with E-state index in [0.717, 1.165) is 24.1 Å². The van der Waals surface area contributed by atoms with Crippen LogP contribution in [-0.4, -0.2) is 34.3 Å². The molecule has 1 aromatic heterocycles. The molecule has 1 aliphatic carbocycles. The molecule has 2 aliphatic rings. The van der Waals surface area contributed by atoms with Crippen molar-refractivity contribution in [1.82, 2.24) is 9.80 Å². The summed E-state index contributed by atoms with van der Waals surface area (Å²) >= 11 is 7.42. The number of hydrogen-bond acceptors (Lipinski definition) is 3. The number of benzene rings is 1. The molecule has 1 aromatic carbocycles. The molecule has 0 bridgehead atoms. The van der Waals surface area contributed by atoms with Gasteiger partial charge < -0.3 is 4.90 Å². The van der Waals surface area contributed by atoms with Crippen molar-refractivity contribution in [3.8, 4) is 0 Å². The number of carbonyl (C=O) groups is 2. The van der Waals surface area contributed by atoms with Gasteiger partial charge in [0.25, 0.3) is 5.91 Å². The number of imide groups is 1. The molecule has 1 saturated heterocycles. The van der Waals surface area contributed by atoms with Crippen molar-refractivity contribution in [2.24, 2.45) is 0 Å². The predicted molar refractivity (Wildman–Crippen MR) is 98.8 cm³/mol. The maximum absolute atomic E-state index is 12.9. The van der Waals surface area contributed by atoms with Crippen LogP contribution in [0.25, 0.3) is 0 Å². The molecule has 4 rings (SSSR count). The van der Waals surface area contributed by atoms with E-state index in [9.17, 15) is 9.59 Å². The molecule has 2 fully saturated rings. The summed E-state index contributed by atoms with van der Waals surface area (Å²) < 4.78 is 0.699. The standard InChI is InChI=1S/C19H19ClN2O2S/c20-17-10-9-14(25-17)11-21-12-18(23)22(19(21)24)16-8-4-7-15(16)13-5-2-1-3-6-13/h1-3,5-6,9-10,15-16H,4,7-8,11-12H2/t15-,16+/m0/s1. The number of nitrogens with zero attached hydrogens (tertiary/aromatic N) is 2. The van der Waals surface area contributed by atoms with Crippen molar-refractivity contribution < 1.29 is 9.59 Å². The van der Waals surface area contributed by atoms with Crippen LogP contribution in [-0.2, 0) is 11.3 Å². The molecule has 1 saturated carbocycles. The first-order valence-corrected chi connectivity index (χ1v) is 9.73. The third-order valence-electron chi connectivity index (χ3n) is 5.09. The van der Waals surface area contributed by atoms with E-state index in [4.69, 9.17) is 11.6 Å². The zero-order valence-electron chi connectivity index (χ0n) is 13.7. The highest BCUT2D eigenvalue weighted by molar-refractivity contribution is 7.16. The molecule has 0 N–H and O–H groups in total. The van der Waals surface area contributed by atoms with Gasteiger partial charge in [-0.2, -0.15) is 0 Å². The Morgan fingerprint density at radius 1 is 1.08 bits per heavy atom. The third kappa shape index (κ3) is 3.18. The van der Waals surface area contributed by atoms with E-state index >= 15 is 0 Å². The van der Waals surface area contributed by atoms with Gasteiger partial charge in [-0.3, -0.25) is 9.69 Å². The van der Waals surface area contributed by atoms with Crippen LogP contribution in [0.3, 0.4) is 0 Å². The van der Waals surface area contributed by atoms with Crippen LogP contribution >= 0.6 is 22.9 Å². The summed E-state index contributed by atoms with van der Waals surface area (Å²) in [5, 5.41) is 0. The lowest BCUT2D eigenvalue weighted by Gasteiger charge is -2.28. The molecule has 3 amide bonds. The molecule has 6 heteroatoms. The number of hydrogen-bond donors (Lipinski definition) is 0. The monoisotopic (exact) mass is 374 g/mol. The Balaban J connectivity index is 1.53. The summed E-state index contributed by atoms with van der Waals surface area (Å²) in [6, 6.07) is 13.8. The van der Waals surface area contributed by atoms with Gasteiger partial charge in [0.05, 0.1) is 10.9 Å². The average Bonchev–Trinajstić information content (AvgIpc) is 3.30. The largest absolute Gasteiger partial charge is 0.327 e. The molecular weight excluding hydrogens is 356 g/mol. The minimum Gasteiger partial charge on any atom is -0.310 e. The lowest BCUT2D eigenvalue weighted by molar-refractivity contribution is -0.127. The van der Waals surface area contributed by atoms with Gasteiger partial charge >= 0.3 is 6.03 Å². The first kappa shape index (κ1) is 16.6. The summed E-state index contributed by atoms with van der Waals surface area (Å²) in [7, 11) is 0. The minimum absolute atomic E-state index is 0.0284. The molecule has 130 valence electrons. The highest BCUT2D eigenvalue weighted by Crippen LogP contribution is 2.39. The molecule has 25 heavy (non-hydrogen) atoms. The summed E-state index contributed by atoms with van der Waals surface area (Å²) in [4.78, 5) is 29.6. The Labute approximate surface area is 156 Å². The Bertz CT molecular complexity index is 792. The van der Waals surface area contributed by atoms with Crippen LogP contribution in [0, 0.1) is 0 Å². The third-order valence-corrected chi connectivity index (χ3v) is 6.30. The zero-order chi connectivity index (χ0) is 17.4. The number of amides is 3. The number of rotatable bonds is 4. The number of urea groups is 1. The average molecular weight is 375 g/mol. The molecule has 0 unspecified atom stereocenters. The van der Waals surface area contributed by atoms with E-state index in [1.54, 1.807) is 4.90 Å². The predicted octanol–water partition coefficient (Wildman–Crippen LogP) is 4.50. The first-order valence-electron chi connectivity index (χ1n) is 8.53. The Morgan fingerprint density at radius 2 is 1.88 bits per heavy atom. The normalized spacial score (nSPS) is 23.7. The SMILES string of the molecule is O=C1CN(Cc2ccc(Cl)s2)C(=O)N1[C@@H]1CCC[C@H]1c1ccccc1. The van der Waals surface area contributed by atoms with Crippen LogP contribution in [0.5, 0.6) is 0 Å². The lowest BCUT2D eigenvalue weighted by Crippen LogP contribution is -2.42. The molecular formula is C19H19ClN2O2S. The topological polar surface area (TPSA) is 40.6 Å². The Hall–Kier alpha value is -1.85. The van der Waals surface area contributed by atoms with Gasteiger partial charge in [0, 0.05) is 16.8 Å². The summed E-state index contributed by atoms with van der Waals surface area (Å²) in [5.74, 6) is 0.158. The fourth-order valence-electron chi connectivity index (χ4n) is 3.98. The summed E-state index contributed by atoms with van der Waals surface area (Å²) in [6.45, 7) is 0.605. The molecule has 1 aliphatic heterocycles. The zero-order valence-corrected chi connectivity index (χ0v) is 15.3. The van der Waals surface area contributed by atoms with E-state index in [-0.39, 0.29) is 30.4 Å². The van der Waals surface area contributed by atoms with Crippen molar-refractivity contribution in [3.63, 3.8) is 0 Å². The van der Waals surface area contributed by atoms with Gasteiger partial charge in [-0.1, -0.05) is 48.4 Å². The maximum atomic E-state index is 12.9. The van der Waals surface area contributed by atoms with Gasteiger partial charge in [0.15, 0.2) is 0 Å². The fraction of sp³-hybridized carbons (Fsp3) is 0.368.